The van der Waals surface area contributed by atoms with Crippen LogP contribution in [0.2, 0.25) is 0 Å². The molecule has 0 atom stereocenters. The number of carboxylic acids is 1. The third kappa shape index (κ3) is 4.85. The zero-order valence-corrected chi connectivity index (χ0v) is 17.7. The van der Waals surface area contributed by atoms with E-state index in [4.69, 9.17) is 4.74 Å². The van der Waals surface area contributed by atoms with Crippen molar-refractivity contribution in [2.75, 3.05) is 0 Å². The molecular formula is C25H26FNO3. The molecule has 0 saturated carbocycles. The summed E-state index contributed by atoms with van der Waals surface area (Å²) >= 11 is 0. The lowest BCUT2D eigenvalue weighted by atomic mass is 9.95. The van der Waals surface area contributed by atoms with E-state index in [9.17, 15) is 14.3 Å². The van der Waals surface area contributed by atoms with Gasteiger partial charge in [0.05, 0.1) is 11.3 Å². The Morgan fingerprint density at radius 2 is 1.77 bits per heavy atom. The Labute approximate surface area is 176 Å². The van der Waals surface area contributed by atoms with Gasteiger partial charge in [0.15, 0.2) is 0 Å². The van der Waals surface area contributed by atoms with Gasteiger partial charge in [-0.25, -0.2) is 9.18 Å². The fourth-order valence-electron chi connectivity index (χ4n) is 3.30. The van der Waals surface area contributed by atoms with Gasteiger partial charge in [0.1, 0.15) is 18.2 Å². The second-order valence-electron chi connectivity index (χ2n) is 7.89. The number of carboxylic acid groups (broad SMARTS) is 1. The van der Waals surface area contributed by atoms with E-state index in [1.54, 1.807) is 18.2 Å². The summed E-state index contributed by atoms with van der Waals surface area (Å²) in [6, 6.07) is 13.6. The first kappa shape index (κ1) is 21.5. The molecule has 0 unspecified atom stereocenters. The molecular weight excluding hydrogens is 381 g/mol. The second-order valence-corrected chi connectivity index (χ2v) is 7.89. The Balaban J connectivity index is 2.04. The summed E-state index contributed by atoms with van der Waals surface area (Å²) in [5, 5.41) is 9.77. The highest BCUT2D eigenvalue weighted by Gasteiger charge is 2.20. The Bertz CT molecular complexity index is 1080. The van der Waals surface area contributed by atoms with Gasteiger partial charge in [-0.1, -0.05) is 38.1 Å². The smallest absolute Gasteiger partial charge is 0.337 e. The monoisotopic (exact) mass is 407 g/mol. The van der Waals surface area contributed by atoms with Gasteiger partial charge in [0.2, 0.25) is 0 Å². The van der Waals surface area contributed by atoms with Crippen LogP contribution in [0.4, 0.5) is 4.39 Å². The highest BCUT2D eigenvalue weighted by atomic mass is 19.1. The predicted octanol–water partition coefficient (Wildman–Crippen LogP) is 5.98. The molecule has 0 spiro atoms. The summed E-state index contributed by atoms with van der Waals surface area (Å²) in [4.78, 5) is 16.6. The minimum absolute atomic E-state index is 0.0181. The SMILES string of the molecule is Cc1ccc(OCc2nc(CC(C)C)c(-c3ccccc3F)cc2C(=O)O)cc1C. The van der Waals surface area contributed by atoms with Crippen molar-refractivity contribution in [1.29, 1.82) is 0 Å². The summed E-state index contributed by atoms with van der Waals surface area (Å²) in [7, 11) is 0. The molecule has 1 aromatic heterocycles. The molecule has 30 heavy (non-hydrogen) atoms. The summed E-state index contributed by atoms with van der Waals surface area (Å²) in [5.41, 5.74) is 4.12. The van der Waals surface area contributed by atoms with Gasteiger partial charge in [0.25, 0.3) is 0 Å². The van der Waals surface area contributed by atoms with Crippen molar-refractivity contribution in [2.24, 2.45) is 5.92 Å². The number of benzene rings is 2. The highest BCUT2D eigenvalue weighted by Crippen LogP contribution is 2.30. The van der Waals surface area contributed by atoms with Crippen molar-refractivity contribution in [3.05, 3.63) is 82.4 Å². The third-order valence-corrected chi connectivity index (χ3v) is 5.03. The predicted molar refractivity (Wildman–Crippen MR) is 115 cm³/mol. The molecule has 156 valence electrons. The Morgan fingerprint density at radius 1 is 1.03 bits per heavy atom. The van der Waals surface area contributed by atoms with E-state index in [2.05, 4.69) is 4.98 Å². The van der Waals surface area contributed by atoms with Gasteiger partial charge in [-0.15, -0.1) is 0 Å². The number of ether oxygens (including phenoxy) is 1. The average molecular weight is 407 g/mol. The van der Waals surface area contributed by atoms with E-state index in [0.717, 1.165) is 11.1 Å². The summed E-state index contributed by atoms with van der Waals surface area (Å²) < 4.78 is 20.3. The quantitative estimate of drug-likeness (QED) is 0.523. The van der Waals surface area contributed by atoms with E-state index in [-0.39, 0.29) is 18.1 Å². The van der Waals surface area contributed by atoms with Crippen LogP contribution in [0.1, 0.15) is 46.7 Å². The van der Waals surface area contributed by atoms with Gasteiger partial charge < -0.3 is 9.84 Å². The number of aromatic carboxylic acids is 1. The lowest BCUT2D eigenvalue weighted by molar-refractivity contribution is 0.0693. The number of nitrogens with zero attached hydrogens (tertiary/aromatic N) is 1. The normalized spacial score (nSPS) is 11.0. The van der Waals surface area contributed by atoms with Gasteiger partial charge in [0, 0.05) is 16.8 Å². The minimum atomic E-state index is -1.12. The Morgan fingerprint density at radius 3 is 2.40 bits per heavy atom. The third-order valence-electron chi connectivity index (χ3n) is 5.03. The summed E-state index contributed by atoms with van der Waals surface area (Å²) in [6.45, 7) is 8.12. The lowest BCUT2D eigenvalue weighted by Gasteiger charge is -2.16. The van der Waals surface area contributed by atoms with Gasteiger partial charge >= 0.3 is 5.97 Å². The van der Waals surface area contributed by atoms with Crippen LogP contribution in [-0.4, -0.2) is 16.1 Å². The molecule has 4 nitrogen and oxygen atoms in total. The molecule has 0 aliphatic rings. The highest BCUT2D eigenvalue weighted by molar-refractivity contribution is 5.91. The molecule has 0 aliphatic heterocycles. The van der Waals surface area contributed by atoms with Crippen LogP contribution >= 0.6 is 0 Å². The fraction of sp³-hybridized carbons (Fsp3) is 0.280. The second kappa shape index (κ2) is 9.08. The number of aryl methyl sites for hydroxylation is 2. The van der Waals surface area contributed by atoms with E-state index >= 15 is 0 Å². The largest absolute Gasteiger partial charge is 0.487 e. The molecule has 0 aliphatic carbocycles. The minimum Gasteiger partial charge on any atom is -0.487 e. The number of hydrogen-bond donors (Lipinski definition) is 1. The number of pyridine rings is 1. The average Bonchev–Trinajstić information content (AvgIpc) is 2.69. The Kier molecular flexibility index (Phi) is 6.50. The maximum absolute atomic E-state index is 14.5. The van der Waals surface area contributed by atoms with Crippen LogP contribution in [0.15, 0.2) is 48.5 Å². The van der Waals surface area contributed by atoms with E-state index < -0.39 is 11.8 Å². The van der Waals surface area contributed by atoms with Crippen molar-refractivity contribution in [2.45, 2.75) is 40.7 Å². The molecule has 3 rings (SSSR count). The van der Waals surface area contributed by atoms with Crippen LogP contribution in [0.25, 0.3) is 11.1 Å². The van der Waals surface area contributed by atoms with Crippen LogP contribution < -0.4 is 4.74 Å². The summed E-state index contributed by atoms with van der Waals surface area (Å²) in [5.74, 6) is -0.596. The van der Waals surface area contributed by atoms with Gasteiger partial charge in [-0.05, 0) is 61.6 Å². The first-order chi connectivity index (χ1) is 14.3. The van der Waals surface area contributed by atoms with Gasteiger partial charge in [-0.2, -0.15) is 0 Å². The van der Waals surface area contributed by atoms with Crippen LogP contribution in [0.5, 0.6) is 5.75 Å². The molecule has 0 radical (unpaired) electrons. The molecule has 0 amide bonds. The standard InChI is InChI=1S/C25H26FNO3/c1-15(2)11-23-20(19-7-5-6-8-22(19)26)13-21(25(28)29)24(27-23)14-30-18-10-9-16(3)17(4)12-18/h5-10,12-13,15H,11,14H2,1-4H3,(H,28,29). The van der Waals surface area contributed by atoms with Crippen molar-refractivity contribution < 1.29 is 19.0 Å². The zero-order valence-electron chi connectivity index (χ0n) is 17.7. The molecule has 0 saturated heterocycles. The molecule has 3 aromatic rings. The maximum atomic E-state index is 14.5. The van der Waals surface area contributed by atoms with Crippen LogP contribution in [0.3, 0.4) is 0 Å². The molecule has 5 heteroatoms. The zero-order chi connectivity index (χ0) is 21.8. The number of rotatable bonds is 7. The van der Waals surface area contributed by atoms with E-state index in [1.807, 2.05) is 45.9 Å². The first-order valence-electron chi connectivity index (χ1n) is 9.97. The van der Waals surface area contributed by atoms with E-state index in [1.165, 1.54) is 12.1 Å². The van der Waals surface area contributed by atoms with E-state index in [0.29, 0.717) is 34.7 Å². The molecule has 0 fully saturated rings. The van der Waals surface area contributed by atoms with Crippen LogP contribution in [-0.2, 0) is 13.0 Å². The maximum Gasteiger partial charge on any atom is 0.337 e. The molecule has 1 heterocycles. The van der Waals surface area contributed by atoms with Gasteiger partial charge in [-0.3, -0.25) is 4.98 Å². The topological polar surface area (TPSA) is 59.4 Å². The van der Waals surface area contributed by atoms with Crippen molar-refractivity contribution >= 4 is 5.97 Å². The van der Waals surface area contributed by atoms with Crippen molar-refractivity contribution in [3.63, 3.8) is 0 Å². The van der Waals surface area contributed by atoms with Crippen molar-refractivity contribution in [1.82, 2.24) is 4.98 Å². The summed E-state index contributed by atoms with van der Waals surface area (Å²) in [6.07, 6.45) is 0.597. The van der Waals surface area contributed by atoms with Crippen LogP contribution in [0, 0.1) is 25.6 Å². The fourth-order valence-corrected chi connectivity index (χ4v) is 3.30. The molecule has 1 N–H and O–H groups in total. The number of aromatic nitrogens is 1. The number of carbonyl (C=O) groups is 1. The molecule has 0 bridgehead atoms. The Hall–Kier alpha value is -3.21. The molecule has 2 aromatic carbocycles. The first-order valence-corrected chi connectivity index (χ1v) is 9.97. The number of halogens is 1. The van der Waals surface area contributed by atoms with Crippen molar-refractivity contribution in [3.8, 4) is 16.9 Å². The lowest BCUT2D eigenvalue weighted by Crippen LogP contribution is -2.13. The number of hydrogen-bond acceptors (Lipinski definition) is 3.